The summed E-state index contributed by atoms with van der Waals surface area (Å²) in [5.41, 5.74) is 0.975. The van der Waals surface area contributed by atoms with Crippen molar-refractivity contribution >= 4 is 5.71 Å². The Morgan fingerprint density at radius 3 is 3.06 bits per heavy atom. The van der Waals surface area contributed by atoms with Crippen molar-refractivity contribution in [2.24, 2.45) is 11.1 Å². The average Bonchev–Trinajstić information content (AvgIpc) is 2.91. The fourth-order valence-corrected chi connectivity index (χ4v) is 2.58. The summed E-state index contributed by atoms with van der Waals surface area (Å²) in [6.45, 7) is 6.33. The molecule has 1 aromatic rings. The van der Waals surface area contributed by atoms with Crippen LogP contribution in [0.1, 0.15) is 26.2 Å². The Kier molecular flexibility index (Phi) is 4.75. The Morgan fingerprint density at radius 2 is 2.39 bits per heavy atom. The standard InChI is InChI=1S/C13H22N4O/c1-2-12-10-16(8-4-13(12)15-18)6-3-7-17-9-5-14-11-17/h5,9,11-12,18H,2-4,6-8,10H2,1H3/b15-13+. The quantitative estimate of drug-likeness (QED) is 0.641. The van der Waals surface area contributed by atoms with E-state index in [4.69, 9.17) is 5.21 Å². The van der Waals surface area contributed by atoms with Crippen LogP contribution >= 0.6 is 0 Å². The van der Waals surface area contributed by atoms with Gasteiger partial charge < -0.3 is 14.7 Å². The molecule has 1 N–H and O–H groups in total. The van der Waals surface area contributed by atoms with Crippen molar-refractivity contribution in [3.05, 3.63) is 18.7 Å². The summed E-state index contributed by atoms with van der Waals surface area (Å²) in [6.07, 6.45) is 8.77. The van der Waals surface area contributed by atoms with Crippen LogP contribution in [-0.2, 0) is 6.54 Å². The first-order valence-electron chi connectivity index (χ1n) is 6.72. The minimum atomic E-state index is 0.428. The number of hydrogen-bond acceptors (Lipinski definition) is 4. The number of rotatable bonds is 5. The summed E-state index contributed by atoms with van der Waals surface area (Å²) in [5, 5.41) is 12.4. The molecule has 1 aliphatic heterocycles. The van der Waals surface area contributed by atoms with E-state index in [2.05, 4.69) is 26.5 Å². The molecule has 0 spiro atoms. The Morgan fingerprint density at radius 1 is 1.50 bits per heavy atom. The zero-order valence-corrected chi connectivity index (χ0v) is 11.0. The van der Waals surface area contributed by atoms with Crippen molar-refractivity contribution in [3.8, 4) is 0 Å². The SMILES string of the molecule is CCC1CN(CCCn2ccnc2)CC/C1=N\O. The largest absolute Gasteiger partial charge is 0.411 e. The molecule has 1 unspecified atom stereocenters. The Bertz CT molecular complexity index is 374. The number of likely N-dealkylation sites (tertiary alicyclic amines) is 1. The van der Waals surface area contributed by atoms with Crippen molar-refractivity contribution in [3.63, 3.8) is 0 Å². The first-order valence-corrected chi connectivity index (χ1v) is 6.72. The molecule has 18 heavy (non-hydrogen) atoms. The lowest BCUT2D eigenvalue weighted by molar-refractivity contribution is 0.222. The topological polar surface area (TPSA) is 53.7 Å². The van der Waals surface area contributed by atoms with Gasteiger partial charge in [-0.2, -0.15) is 0 Å². The van der Waals surface area contributed by atoms with Crippen LogP contribution < -0.4 is 0 Å². The van der Waals surface area contributed by atoms with Gasteiger partial charge in [0.15, 0.2) is 0 Å². The molecular formula is C13H22N4O. The van der Waals surface area contributed by atoms with Crippen molar-refractivity contribution in [1.82, 2.24) is 14.5 Å². The summed E-state index contributed by atoms with van der Waals surface area (Å²) >= 11 is 0. The molecule has 0 aliphatic carbocycles. The molecule has 0 saturated carbocycles. The molecule has 0 amide bonds. The van der Waals surface area contributed by atoms with Crippen LogP contribution in [0.2, 0.25) is 0 Å². The molecule has 100 valence electrons. The van der Waals surface area contributed by atoms with E-state index >= 15 is 0 Å². The molecule has 1 fully saturated rings. The smallest absolute Gasteiger partial charge is 0.0945 e. The summed E-state index contributed by atoms with van der Waals surface area (Å²) in [4.78, 5) is 6.51. The fraction of sp³-hybridized carbons (Fsp3) is 0.692. The highest BCUT2D eigenvalue weighted by Gasteiger charge is 2.24. The maximum Gasteiger partial charge on any atom is 0.0945 e. The van der Waals surface area contributed by atoms with E-state index in [-0.39, 0.29) is 0 Å². The van der Waals surface area contributed by atoms with Crippen molar-refractivity contribution in [1.29, 1.82) is 0 Å². The lowest BCUT2D eigenvalue weighted by atomic mass is 9.93. The first-order chi connectivity index (χ1) is 8.83. The van der Waals surface area contributed by atoms with Crippen LogP contribution in [0.3, 0.4) is 0 Å². The number of imidazole rings is 1. The van der Waals surface area contributed by atoms with Crippen LogP contribution in [0, 0.1) is 5.92 Å². The van der Waals surface area contributed by atoms with Gasteiger partial charge in [-0.3, -0.25) is 0 Å². The molecule has 1 saturated heterocycles. The van der Waals surface area contributed by atoms with Gasteiger partial charge >= 0.3 is 0 Å². The Hall–Kier alpha value is -1.36. The molecule has 2 rings (SSSR count). The second-order valence-electron chi connectivity index (χ2n) is 4.90. The molecule has 1 aromatic heterocycles. The number of oxime groups is 1. The zero-order valence-electron chi connectivity index (χ0n) is 11.0. The van der Waals surface area contributed by atoms with E-state index < -0.39 is 0 Å². The predicted octanol–water partition coefficient (Wildman–Crippen LogP) is 1.84. The van der Waals surface area contributed by atoms with Crippen LogP contribution in [0.25, 0.3) is 0 Å². The van der Waals surface area contributed by atoms with Gasteiger partial charge in [-0.25, -0.2) is 4.98 Å². The van der Waals surface area contributed by atoms with Gasteiger partial charge in [-0.1, -0.05) is 12.1 Å². The fourth-order valence-electron chi connectivity index (χ4n) is 2.58. The van der Waals surface area contributed by atoms with Gasteiger partial charge in [0.1, 0.15) is 0 Å². The van der Waals surface area contributed by atoms with Gasteiger partial charge in [0.2, 0.25) is 0 Å². The van der Waals surface area contributed by atoms with Gasteiger partial charge in [0, 0.05) is 44.4 Å². The van der Waals surface area contributed by atoms with Crippen LogP contribution in [0.5, 0.6) is 0 Å². The normalized spacial score (nSPS) is 23.6. The molecule has 5 nitrogen and oxygen atoms in total. The van der Waals surface area contributed by atoms with E-state index in [1.807, 2.05) is 18.7 Å². The van der Waals surface area contributed by atoms with Gasteiger partial charge in [-0.05, 0) is 19.4 Å². The highest BCUT2D eigenvalue weighted by atomic mass is 16.4. The van der Waals surface area contributed by atoms with Gasteiger partial charge in [-0.15, -0.1) is 0 Å². The molecule has 0 radical (unpaired) electrons. The summed E-state index contributed by atoms with van der Waals surface area (Å²) in [7, 11) is 0. The maximum absolute atomic E-state index is 8.94. The highest BCUT2D eigenvalue weighted by Crippen LogP contribution is 2.17. The lowest BCUT2D eigenvalue weighted by Gasteiger charge is -2.32. The first kappa shape index (κ1) is 13.1. The molecule has 5 heteroatoms. The molecule has 0 aromatic carbocycles. The third-order valence-electron chi connectivity index (χ3n) is 3.71. The number of nitrogens with zero attached hydrogens (tertiary/aromatic N) is 4. The molecule has 2 heterocycles. The summed E-state index contributed by atoms with van der Waals surface area (Å²) in [6, 6.07) is 0. The minimum Gasteiger partial charge on any atom is -0.411 e. The number of aromatic nitrogens is 2. The molecular weight excluding hydrogens is 228 g/mol. The van der Waals surface area contributed by atoms with E-state index in [9.17, 15) is 0 Å². The van der Waals surface area contributed by atoms with Crippen LogP contribution in [0.4, 0.5) is 0 Å². The third kappa shape index (κ3) is 3.32. The monoisotopic (exact) mass is 250 g/mol. The zero-order chi connectivity index (χ0) is 12.8. The third-order valence-corrected chi connectivity index (χ3v) is 3.71. The van der Waals surface area contributed by atoms with Crippen molar-refractivity contribution < 1.29 is 5.21 Å². The van der Waals surface area contributed by atoms with Crippen LogP contribution in [0.15, 0.2) is 23.9 Å². The van der Waals surface area contributed by atoms with E-state index in [0.29, 0.717) is 5.92 Å². The lowest BCUT2D eigenvalue weighted by Crippen LogP contribution is -2.41. The number of aryl methyl sites for hydroxylation is 1. The summed E-state index contributed by atoms with van der Waals surface area (Å²) in [5.74, 6) is 0.428. The van der Waals surface area contributed by atoms with Gasteiger partial charge in [0.05, 0.1) is 12.0 Å². The van der Waals surface area contributed by atoms with E-state index in [1.165, 1.54) is 0 Å². The average molecular weight is 250 g/mol. The second-order valence-corrected chi connectivity index (χ2v) is 4.90. The van der Waals surface area contributed by atoms with Gasteiger partial charge in [0.25, 0.3) is 0 Å². The number of piperidine rings is 1. The minimum absolute atomic E-state index is 0.428. The molecule has 1 aliphatic rings. The van der Waals surface area contributed by atoms with E-state index in [1.54, 1.807) is 0 Å². The Labute approximate surface area is 108 Å². The molecule has 1 atom stereocenters. The number of hydrogen-bond donors (Lipinski definition) is 1. The maximum atomic E-state index is 8.94. The predicted molar refractivity (Wildman–Crippen MR) is 70.9 cm³/mol. The highest BCUT2D eigenvalue weighted by molar-refractivity contribution is 5.87. The summed E-state index contributed by atoms with van der Waals surface area (Å²) < 4.78 is 2.11. The van der Waals surface area contributed by atoms with Crippen molar-refractivity contribution in [2.45, 2.75) is 32.7 Å². The van der Waals surface area contributed by atoms with E-state index in [0.717, 1.165) is 51.2 Å². The van der Waals surface area contributed by atoms with Crippen LogP contribution in [-0.4, -0.2) is 45.0 Å². The Balaban J connectivity index is 1.74. The second kappa shape index (κ2) is 6.54. The molecule has 0 bridgehead atoms. The van der Waals surface area contributed by atoms with Crippen molar-refractivity contribution in [2.75, 3.05) is 19.6 Å².